The van der Waals surface area contributed by atoms with Crippen molar-refractivity contribution >= 4 is 17.3 Å². The summed E-state index contributed by atoms with van der Waals surface area (Å²) in [7, 11) is 1.59. The van der Waals surface area contributed by atoms with Gasteiger partial charge in [0.1, 0.15) is 11.5 Å². The van der Waals surface area contributed by atoms with E-state index in [2.05, 4.69) is 17.6 Å². The lowest BCUT2D eigenvalue weighted by Gasteiger charge is -2.13. The average Bonchev–Trinajstić information content (AvgIpc) is 2.61. The van der Waals surface area contributed by atoms with Crippen LogP contribution in [0, 0.1) is 0 Å². The van der Waals surface area contributed by atoms with Crippen LogP contribution >= 0.6 is 0 Å². The Balaban J connectivity index is 1.82. The molecule has 1 atom stereocenters. The third-order valence-corrected chi connectivity index (χ3v) is 3.57. The molecule has 0 bridgehead atoms. The molecule has 1 amide bonds. The molecule has 5 nitrogen and oxygen atoms in total. The topological polar surface area (TPSA) is 59.6 Å². The van der Waals surface area contributed by atoms with E-state index in [0.717, 1.165) is 17.9 Å². The number of carbonyl (C=O) groups excluding carboxylic acids is 1. The Morgan fingerprint density at radius 3 is 2.50 bits per heavy atom. The standard InChI is InChI=1S/C19H24N2O3/c1-4-14(2)24-17-10-8-15(9-11-17)20-13-19(22)21-16-6-5-7-18(12-16)23-3/h5-12,14,20H,4,13H2,1-3H3,(H,21,22). The largest absolute Gasteiger partial charge is 0.497 e. The summed E-state index contributed by atoms with van der Waals surface area (Å²) in [5.41, 5.74) is 1.57. The summed E-state index contributed by atoms with van der Waals surface area (Å²) < 4.78 is 10.9. The third-order valence-electron chi connectivity index (χ3n) is 3.57. The first-order valence-corrected chi connectivity index (χ1v) is 8.05. The van der Waals surface area contributed by atoms with Crippen LogP contribution in [-0.2, 0) is 4.79 Å². The van der Waals surface area contributed by atoms with Gasteiger partial charge in [-0.25, -0.2) is 0 Å². The van der Waals surface area contributed by atoms with E-state index in [9.17, 15) is 4.79 Å². The number of methoxy groups -OCH3 is 1. The second-order valence-corrected chi connectivity index (χ2v) is 5.49. The number of hydrogen-bond acceptors (Lipinski definition) is 4. The van der Waals surface area contributed by atoms with Gasteiger partial charge in [-0.05, 0) is 49.7 Å². The van der Waals surface area contributed by atoms with Gasteiger partial charge in [0, 0.05) is 17.4 Å². The SMILES string of the molecule is CCC(C)Oc1ccc(NCC(=O)Nc2cccc(OC)c2)cc1. The normalized spacial score (nSPS) is 11.5. The molecular weight excluding hydrogens is 304 g/mol. The van der Waals surface area contributed by atoms with Gasteiger partial charge in [-0.1, -0.05) is 13.0 Å². The molecule has 24 heavy (non-hydrogen) atoms. The van der Waals surface area contributed by atoms with Crippen molar-refractivity contribution in [2.24, 2.45) is 0 Å². The molecule has 0 fully saturated rings. The van der Waals surface area contributed by atoms with E-state index in [-0.39, 0.29) is 18.6 Å². The molecule has 2 rings (SSSR count). The minimum absolute atomic E-state index is 0.122. The van der Waals surface area contributed by atoms with Crippen molar-refractivity contribution < 1.29 is 14.3 Å². The Labute approximate surface area is 143 Å². The molecule has 0 saturated heterocycles. The van der Waals surface area contributed by atoms with Gasteiger partial charge in [0.15, 0.2) is 0 Å². The molecule has 2 aromatic rings. The third kappa shape index (κ3) is 5.50. The predicted octanol–water partition coefficient (Wildman–Crippen LogP) is 3.92. The first-order valence-electron chi connectivity index (χ1n) is 8.05. The van der Waals surface area contributed by atoms with Crippen LogP contribution in [0.5, 0.6) is 11.5 Å². The zero-order chi connectivity index (χ0) is 17.4. The van der Waals surface area contributed by atoms with Gasteiger partial charge in [-0.3, -0.25) is 4.79 Å². The summed E-state index contributed by atoms with van der Waals surface area (Å²) in [4.78, 5) is 12.0. The lowest BCUT2D eigenvalue weighted by molar-refractivity contribution is -0.114. The quantitative estimate of drug-likeness (QED) is 0.771. The van der Waals surface area contributed by atoms with Crippen LogP contribution < -0.4 is 20.1 Å². The van der Waals surface area contributed by atoms with Gasteiger partial charge in [-0.2, -0.15) is 0 Å². The molecule has 0 heterocycles. The smallest absolute Gasteiger partial charge is 0.243 e. The van der Waals surface area contributed by atoms with Crippen LogP contribution in [0.2, 0.25) is 0 Å². The van der Waals surface area contributed by atoms with Crippen LogP contribution in [0.15, 0.2) is 48.5 Å². The minimum Gasteiger partial charge on any atom is -0.497 e. The van der Waals surface area contributed by atoms with E-state index in [4.69, 9.17) is 9.47 Å². The van der Waals surface area contributed by atoms with Gasteiger partial charge >= 0.3 is 0 Å². The van der Waals surface area contributed by atoms with Crippen molar-refractivity contribution in [2.45, 2.75) is 26.4 Å². The van der Waals surface area contributed by atoms with Crippen LogP contribution in [0.4, 0.5) is 11.4 Å². The molecule has 2 N–H and O–H groups in total. The lowest BCUT2D eigenvalue weighted by Crippen LogP contribution is -2.21. The number of ether oxygens (including phenoxy) is 2. The Bertz CT molecular complexity index is 656. The van der Waals surface area contributed by atoms with Gasteiger partial charge < -0.3 is 20.1 Å². The molecule has 0 aliphatic carbocycles. The lowest BCUT2D eigenvalue weighted by atomic mass is 10.2. The highest BCUT2D eigenvalue weighted by molar-refractivity contribution is 5.93. The van der Waals surface area contributed by atoms with E-state index < -0.39 is 0 Å². The molecule has 0 aliphatic heterocycles. The number of anilines is 2. The first kappa shape index (κ1) is 17.7. The van der Waals surface area contributed by atoms with E-state index >= 15 is 0 Å². The van der Waals surface area contributed by atoms with Gasteiger partial charge in [-0.15, -0.1) is 0 Å². The molecule has 5 heteroatoms. The van der Waals surface area contributed by atoms with Crippen LogP contribution in [0.3, 0.4) is 0 Å². The average molecular weight is 328 g/mol. The highest BCUT2D eigenvalue weighted by Gasteiger charge is 2.04. The minimum atomic E-state index is -0.122. The molecule has 0 saturated carbocycles. The summed E-state index contributed by atoms with van der Waals surface area (Å²) >= 11 is 0. The first-order chi connectivity index (χ1) is 11.6. The summed E-state index contributed by atoms with van der Waals surface area (Å²) in [6.45, 7) is 4.30. The Hall–Kier alpha value is -2.69. The number of hydrogen-bond donors (Lipinski definition) is 2. The summed E-state index contributed by atoms with van der Waals surface area (Å²) in [5, 5.41) is 5.91. The molecule has 1 unspecified atom stereocenters. The van der Waals surface area contributed by atoms with Crippen molar-refractivity contribution in [1.82, 2.24) is 0 Å². The number of benzene rings is 2. The van der Waals surface area contributed by atoms with Crippen molar-refractivity contribution in [3.63, 3.8) is 0 Å². The van der Waals surface area contributed by atoms with Crippen molar-refractivity contribution in [2.75, 3.05) is 24.3 Å². The molecule has 0 radical (unpaired) electrons. The number of amides is 1. The van der Waals surface area contributed by atoms with Crippen molar-refractivity contribution in [3.05, 3.63) is 48.5 Å². The monoisotopic (exact) mass is 328 g/mol. The van der Waals surface area contributed by atoms with E-state index in [1.807, 2.05) is 49.4 Å². The van der Waals surface area contributed by atoms with Crippen LogP contribution in [-0.4, -0.2) is 25.7 Å². The van der Waals surface area contributed by atoms with Crippen LogP contribution in [0.25, 0.3) is 0 Å². The second-order valence-electron chi connectivity index (χ2n) is 5.49. The highest BCUT2D eigenvalue weighted by Crippen LogP contribution is 2.18. The summed E-state index contributed by atoms with van der Waals surface area (Å²) in [6.07, 6.45) is 1.15. The molecule has 128 valence electrons. The molecule has 0 aromatic heterocycles. The maximum atomic E-state index is 12.0. The summed E-state index contributed by atoms with van der Waals surface area (Å²) in [5.74, 6) is 1.41. The Kier molecular flexibility index (Phi) is 6.49. The zero-order valence-electron chi connectivity index (χ0n) is 14.3. The number of rotatable bonds is 8. The van der Waals surface area contributed by atoms with Crippen molar-refractivity contribution in [1.29, 1.82) is 0 Å². The molecule has 2 aromatic carbocycles. The summed E-state index contributed by atoms with van der Waals surface area (Å²) in [6, 6.07) is 14.9. The second kappa shape index (κ2) is 8.82. The van der Waals surface area contributed by atoms with E-state index in [0.29, 0.717) is 11.4 Å². The fraction of sp³-hybridized carbons (Fsp3) is 0.316. The number of carbonyl (C=O) groups is 1. The van der Waals surface area contributed by atoms with Gasteiger partial charge in [0.25, 0.3) is 0 Å². The molecule has 0 aliphatic rings. The fourth-order valence-electron chi connectivity index (χ4n) is 2.06. The maximum Gasteiger partial charge on any atom is 0.243 e. The zero-order valence-corrected chi connectivity index (χ0v) is 14.3. The highest BCUT2D eigenvalue weighted by atomic mass is 16.5. The Morgan fingerprint density at radius 2 is 1.83 bits per heavy atom. The predicted molar refractivity (Wildman–Crippen MR) is 96.9 cm³/mol. The van der Waals surface area contributed by atoms with Gasteiger partial charge in [0.2, 0.25) is 5.91 Å². The van der Waals surface area contributed by atoms with E-state index in [1.54, 1.807) is 13.2 Å². The van der Waals surface area contributed by atoms with E-state index in [1.165, 1.54) is 0 Å². The van der Waals surface area contributed by atoms with Crippen molar-refractivity contribution in [3.8, 4) is 11.5 Å². The Morgan fingerprint density at radius 1 is 1.08 bits per heavy atom. The van der Waals surface area contributed by atoms with Gasteiger partial charge in [0.05, 0.1) is 19.8 Å². The van der Waals surface area contributed by atoms with Crippen LogP contribution in [0.1, 0.15) is 20.3 Å². The molecule has 0 spiro atoms. The molecular formula is C19H24N2O3. The number of nitrogens with one attached hydrogen (secondary N) is 2. The maximum absolute atomic E-state index is 12.0. The fourth-order valence-corrected chi connectivity index (χ4v) is 2.06.